The Balaban J connectivity index is 1.71. The van der Waals surface area contributed by atoms with Crippen LogP contribution in [-0.2, 0) is 7.05 Å². The first-order valence-corrected chi connectivity index (χ1v) is 8.38. The third-order valence-electron chi connectivity index (χ3n) is 4.19. The Morgan fingerprint density at radius 3 is 2.74 bits per heavy atom. The molecule has 0 aliphatic rings. The van der Waals surface area contributed by atoms with E-state index in [9.17, 15) is 4.79 Å². The van der Waals surface area contributed by atoms with Crippen molar-refractivity contribution in [2.24, 2.45) is 7.05 Å². The normalized spacial score (nSPS) is 13.0. The summed E-state index contributed by atoms with van der Waals surface area (Å²) >= 11 is 6.03. The third-order valence-corrected chi connectivity index (χ3v) is 4.48. The number of anilines is 1. The highest BCUT2D eigenvalue weighted by Gasteiger charge is 2.12. The van der Waals surface area contributed by atoms with Crippen molar-refractivity contribution in [3.05, 3.63) is 71.3 Å². The number of pyridine rings is 2. The van der Waals surface area contributed by atoms with E-state index < -0.39 is 30.1 Å². The zero-order valence-corrected chi connectivity index (χ0v) is 15.2. The minimum Gasteiger partial charge on any atom is -0.331 e. The molecule has 0 aliphatic carbocycles. The number of aryl methyl sites for hydroxylation is 1. The Hall–Kier alpha value is -3.25. The molecule has 1 aromatic carbocycles. The lowest BCUT2D eigenvalue weighted by molar-refractivity contribution is 0.102. The summed E-state index contributed by atoms with van der Waals surface area (Å²) in [6, 6.07) is 1.51. The van der Waals surface area contributed by atoms with Gasteiger partial charge in [-0.3, -0.25) is 9.78 Å². The quantitative estimate of drug-likeness (QED) is 0.576. The van der Waals surface area contributed by atoms with E-state index >= 15 is 0 Å². The highest BCUT2D eigenvalue weighted by Crippen LogP contribution is 2.24. The Morgan fingerprint density at radius 2 is 1.96 bits per heavy atom. The molecule has 0 unspecified atom stereocenters. The van der Waals surface area contributed by atoms with Crippen molar-refractivity contribution in [2.45, 2.75) is 6.92 Å². The Kier molecular flexibility index (Phi) is 3.28. The first-order valence-electron chi connectivity index (χ1n) is 10.0. The summed E-state index contributed by atoms with van der Waals surface area (Å²) in [5.41, 5.74) is 2.02. The second kappa shape index (κ2) is 6.81. The highest BCUT2D eigenvalue weighted by molar-refractivity contribution is 6.34. The van der Waals surface area contributed by atoms with E-state index in [2.05, 4.69) is 20.3 Å². The summed E-state index contributed by atoms with van der Waals surface area (Å²) in [6.07, 6.45) is 4.98. The van der Waals surface area contributed by atoms with Crippen LogP contribution in [0.2, 0.25) is 5.02 Å². The molecular formula is C20H16ClN5O. The monoisotopic (exact) mass is 381 g/mol. The minimum absolute atomic E-state index is 0.195. The molecule has 6 nitrogen and oxygen atoms in total. The first-order chi connectivity index (χ1) is 14.7. The summed E-state index contributed by atoms with van der Waals surface area (Å²) in [7, 11) is 1.91. The molecule has 0 fully saturated rings. The molecule has 3 heterocycles. The van der Waals surface area contributed by atoms with Crippen LogP contribution in [0.15, 0.2) is 54.9 Å². The summed E-state index contributed by atoms with van der Waals surface area (Å²) < 4.78 is 33.1. The maximum Gasteiger partial charge on any atom is 0.258 e. The van der Waals surface area contributed by atoms with Crippen molar-refractivity contribution >= 4 is 34.2 Å². The minimum atomic E-state index is -0.782. The molecule has 0 saturated heterocycles. The summed E-state index contributed by atoms with van der Waals surface area (Å²) in [5.74, 6) is 0.276. The average molecular weight is 382 g/mol. The first kappa shape index (κ1) is 13.0. The molecule has 0 radical (unpaired) electrons. The number of hydrogen-bond acceptors (Lipinski definition) is 4. The number of imidazole rings is 1. The Morgan fingerprint density at radius 1 is 1.15 bits per heavy atom. The molecule has 0 atom stereocenters. The van der Waals surface area contributed by atoms with Crippen LogP contribution in [0.25, 0.3) is 22.2 Å². The number of nitrogens with one attached hydrogen (secondary N) is 1. The lowest BCUT2D eigenvalue weighted by atomic mass is 10.1. The molecule has 1 amide bonds. The van der Waals surface area contributed by atoms with Crippen LogP contribution in [-0.4, -0.2) is 25.4 Å². The van der Waals surface area contributed by atoms with Gasteiger partial charge in [0.1, 0.15) is 11.6 Å². The van der Waals surface area contributed by atoms with E-state index in [0.717, 1.165) is 22.5 Å². The number of amides is 1. The van der Waals surface area contributed by atoms with E-state index in [1.165, 1.54) is 6.20 Å². The maximum atomic E-state index is 12.7. The molecule has 3 aromatic heterocycles. The van der Waals surface area contributed by atoms with Gasteiger partial charge in [-0.15, -0.1) is 0 Å². The van der Waals surface area contributed by atoms with Gasteiger partial charge >= 0.3 is 0 Å². The predicted octanol–water partition coefficient (Wildman–Crippen LogP) is 4.24. The van der Waals surface area contributed by atoms with Crippen LogP contribution in [0.1, 0.15) is 21.7 Å². The Bertz CT molecular complexity index is 1340. The molecule has 27 heavy (non-hydrogen) atoms. The molecule has 4 aromatic rings. The number of halogens is 1. The number of benzene rings is 1. The van der Waals surface area contributed by atoms with E-state index in [0.29, 0.717) is 5.52 Å². The number of hydrogen-bond donors (Lipinski definition) is 1. The largest absolute Gasteiger partial charge is 0.331 e. The topological polar surface area (TPSA) is 72.7 Å². The standard InChI is InChI=1S/C20H16ClN5O/c1-12-22-11-18(26(12)2)14-7-13-8-19(24-10-17(13)23-9-14)25-20(27)15-5-3-4-6-16(15)21/h3-11H,1-2H3,(H,24,25,27)/i3D,4D,5D,6D. The molecule has 4 rings (SSSR count). The van der Waals surface area contributed by atoms with Crippen molar-refractivity contribution < 1.29 is 10.3 Å². The summed E-state index contributed by atoms with van der Waals surface area (Å²) in [6.45, 7) is 1.90. The van der Waals surface area contributed by atoms with Crippen LogP contribution < -0.4 is 5.32 Å². The lowest BCUT2D eigenvalue weighted by Gasteiger charge is -2.08. The van der Waals surface area contributed by atoms with Crippen molar-refractivity contribution in [1.82, 2.24) is 19.5 Å². The molecule has 7 heteroatoms. The average Bonchev–Trinajstić information content (AvgIpc) is 3.09. The van der Waals surface area contributed by atoms with Gasteiger partial charge in [0.05, 0.1) is 39.7 Å². The van der Waals surface area contributed by atoms with Gasteiger partial charge in [-0.2, -0.15) is 0 Å². The fourth-order valence-electron chi connectivity index (χ4n) is 2.64. The van der Waals surface area contributed by atoms with E-state index in [-0.39, 0.29) is 16.4 Å². The second-order valence-corrected chi connectivity index (χ2v) is 6.26. The van der Waals surface area contributed by atoms with E-state index in [1.54, 1.807) is 18.5 Å². The second-order valence-electron chi connectivity index (χ2n) is 5.88. The zero-order chi connectivity index (χ0) is 22.4. The Labute approximate surface area is 166 Å². The fraction of sp³-hybridized carbons (Fsp3) is 0.100. The highest BCUT2D eigenvalue weighted by atomic mass is 35.5. The predicted molar refractivity (Wildman–Crippen MR) is 106 cm³/mol. The molecule has 0 aliphatic heterocycles. The van der Waals surface area contributed by atoms with Gasteiger partial charge < -0.3 is 9.88 Å². The number of carbonyl (C=O) groups is 1. The number of fused-ring (bicyclic) bond motifs is 1. The summed E-state index contributed by atoms with van der Waals surface area (Å²) in [5, 5.41) is 2.93. The third kappa shape index (κ3) is 3.27. The van der Waals surface area contributed by atoms with Crippen LogP contribution >= 0.6 is 11.6 Å². The number of rotatable bonds is 3. The van der Waals surface area contributed by atoms with Crippen LogP contribution in [0, 0.1) is 6.92 Å². The van der Waals surface area contributed by atoms with Gasteiger partial charge in [0, 0.05) is 24.2 Å². The van der Waals surface area contributed by atoms with Crippen LogP contribution in [0.3, 0.4) is 0 Å². The van der Waals surface area contributed by atoms with Crippen molar-refractivity contribution in [3.8, 4) is 11.3 Å². The van der Waals surface area contributed by atoms with Crippen LogP contribution in [0.5, 0.6) is 0 Å². The van der Waals surface area contributed by atoms with Crippen molar-refractivity contribution in [3.63, 3.8) is 0 Å². The molecular weight excluding hydrogens is 362 g/mol. The van der Waals surface area contributed by atoms with Crippen molar-refractivity contribution in [2.75, 3.05) is 5.32 Å². The SMILES string of the molecule is [2H]c1c([2H])c([2H])c(C(=O)Nc2cc3cc(-c4cnc(C)n4C)cnc3cn2)c(Cl)c1[2H]. The van der Waals surface area contributed by atoms with E-state index in [1.807, 2.05) is 24.6 Å². The van der Waals surface area contributed by atoms with E-state index in [4.69, 9.17) is 17.1 Å². The molecule has 1 N–H and O–H groups in total. The van der Waals surface area contributed by atoms with Gasteiger partial charge in [-0.05, 0) is 31.1 Å². The van der Waals surface area contributed by atoms with Crippen LogP contribution in [0.4, 0.5) is 5.82 Å². The van der Waals surface area contributed by atoms with Gasteiger partial charge in [-0.1, -0.05) is 23.7 Å². The molecule has 134 valence electrons. The summed E-state index contributed by atoms with van der Waals surface area (Å²) in [4.78, 5) is 25.6. The molecule has 0 bridgehead atoms. The number of nitrogens with zero attached hydrogens (tertiary/aromatic N) is 4. The van der Waals surface area contributed by atoms with Gasteiger partial charge in [0.25, 0.3) is 5.91 Å². The van der Waals surface area contributed by atoms with Gasteiger partial charge in [-0.25, -0.2) is 9.97 Å². The molecule has 0 spiro atoms. The van der Waals surface area contributed by atoms with Gasteiger partial charge in [0.2, 0.25) is 0 Å². The lowest BCUT2D eigenvalue weighted by Crippen LogP contribution is -2.13. The maximum absolute atomic E-state index is 12.7. The number of aromatic nitrogens is 4. The van der Waals surface area contributed by atoms with Gasteiger partial charge in [0.15, 0.2) is 0 Å². The number of carbonyl (C=O) groups excluding carboxylic acids is 1. The van der Waals surface area contributed by atoms with Crippen molar-refractivity contribution in [1.29, 1.82) is 0 Å². The smallest absolute Gasteiger partial charge is 0.258 e. The zero-order valence-electron chi connectivity index (χ0n) is 18.5. The fourth-order valence-corrected chi connectivity index (χ4v) is 2.82. The molecule has 0 saturated carbocycles.